The molecule has 1 aromatic rings. The van der Waals surface area contributed by atoms with E-state index < -0.39 is 58.8 Å². The number of carbonyl (C=O) groups excluding carboxylic acids is 4. The maximum absolute atomic E-state index is 13.4. The van der Waals surface area contributed by atoms with Crippen molar-refractivity contribution in [3.05, 3.63) is 10.8 Å². The number of carbonyl (C=O) groups is 5. The van der Waals surface area contributed by atoms with Gasteiger partial charge >= 0.3 is 12.2 Å². The van der Waals surface area contributed by atoms with Gasteiger partial charge in [0.2, 0.25) is 5.96 Å². The summed E-state index contributed by atoms with van der Waals surface area (Å²) in [5.74, 6) is -3.65. The number of ether oxygens (including phenoxy) is 1. The molecule has 3 aliphatic rings. The van der Waals surface area contributed by atoms with Crippen LogP contribution in [0.1, 0.15) is 56.9 Å². The van der Waals surface area contributed by atoms with Crippen LogP contribution in [0.15, 0.2) is 15.2 Å². The molecule has 0 bridgehead atoms. The SMILES string of the molecule is CC(C)(C)OC(=O)NN1C(Cl)C(=N)N=C(N)C1C(=O)NC(=NN1CCC(C(=O)C2CCN(N=CNC(=O)c3nc(Cl)c(N)nc3N)CC2)CC1)NC(=O)O. The number of nitrogens with two attached hydrogens (primary N) is 3. The number of guanidine groups is 1. The average Bonchev–Trinajstić information content (AvgIpc) is 3.07. The van der Waals surface area contributed by atoms with Crippen molar-refractivity contribution in [1.29, 1.82) is 5.41 Å². The summed E-state index contributed by atoms with van der Waals surface area (Å²) in [4.78, 5) is 74.7. The molecule has 25 heteroatoms. The number of piperidine rings is 2. The molecule has 0 aromatic carbocycles. The largest absolute Gasteiger partial charge is 0.465 e. The second-order valence-corrected chi connectivity index (χ2v) is 14.0. The van der Waals surface area contributed by atoms with Crippen LogP contribution in [0.5, 0.6) is 0 Å². The number of alkyl halides is 1. The van der Waals surface area contributed by atoms with Gasteiger partial charge in [-0.3, -0.25) is 45.9 Å². The molecule has 3 aliphatic heterocycles. The van der Waals surface area contributed by atoms with Gasteiger partial charge in [0.1, 0.15) is 23.6 Å². The van der Waals surface area contributed by atoms with Crippen LogP contribution in [0.25, 0.3) is 0 Å². The predicted molar refractivity (Wildman–Crippen MR) is 196 cm³/mol. The Morgan fingerprint density at radius 2 is 1.56 bits per heavy atom. The van der Waals surface area contributed by atoms with Crippen LogP contribution in [0.3, 0.4) is 0 Å². The average molecular weight is 798 g/mol. The van der Waals surface area contributed by atoms with Crippen LogP contribution in [-0.4, -0.2) is 127 Å². The normalized spacial score (nSPS) is 20.6. The lowest BCUT2D eigenvalue weighted by molar-refractivity contribution is -0.129. The minimum atomic E-state index is -1.59. The van der Waals surface area contributed by atoms with E-state index in [4.69, 9.17) is 50.5 Å². The van der Waals surface area contributed by atoms with Crippen molar-refractivity contribution in [3.8, 4) is 0 Å². The van der Waals surface area contributed by atoms with Gasteiger partial charge in [-0.2, -0.15) is 10.1 Å². The fraction of sp³-hybridized carbons (Fsp3) is 0.552. The molecule has 4 amide bonds. The third-order valence-electron chi connectivity index (χ3n) is 8.14. The maximum Gasteiger partial charge on any atom is 0.422 e. The van der Waals surface area contributed by atoms with Crippen molar-refractivity contribution in [2.75, 3.05) is 37.6 Å². The Labute approximate surface area is 318 Å². The number of aromatic nitrogens is 2. The summed E-state index contributed by atoms with van der Waals surface area (Å²) in [6, 6.07) is -1.59. The molecular weight excluding hydrogens is 755 g/mol. The Morgan fingerprint density at radius 3 is 2.13 bits per heavy atom. The van der Waals surface area contributed by atoms with E-state index in [1.807, 2.05) is 5.32 Å². The van der Waals surface area contributed by atoms with E-state index in [0.29, 0.717) is 38.8 Å². The number of amidine groups is 2. The monoisotopic (exact) mass is 796 g/mol. The molecule has 2 fully saturated rings. The molecule has 1 aromatic heterocycles. The molecule has 0 radical (unpaired) electrons. The number of carboxylic acid groups (broad SMARTS) is 1. The summed E-state index contributed by atoms with van der Waals surface area (Å²) in [6.07, 6.45) is 0.604. The Kier molecular flexibility index (Phi) is 13.4. The van der Waals surface area contributed by atoms with Crippen LogP contribution in [-0.2, 0) is 14.3 Å². The number of aliphatic imine (C=N–C) groups is 1. The van der Waals surface area contributed by atoms with Gasteiger partial charge in [0.05, 0.1) is 0 Å². The second kappa shape index (κ2) is 17.5. The highest BCUT2D eigenvalue weighted by Crippen LogP contribution is 2.27. The first-order valence-electron chi connectivity index (χ1n) is 16.5. The first-order chi connectivity index (χ1) is 25.3. The van der Waals surface area contributed by atoms with Crippen LogP contribution in [0.4, 0.5) is 21.2 Å². The number of ketones is 1. The number of hydrazone groups is 2. The Balaban J connectivity index is 1.30. The molecule has 2 unspecified atom stereocenters. The minimum absolute atomic E-state index is 0.101. The Morgan fingerprint density at radius 1 is 0.963 bits per heavy atom. The van der Waals surface area contributed by atoms with E-state index in [1.54, 1.807) is 25.8 Å². The highest BCUT2D eigenvalue weighted by Gasteiger charge is 2.42. The molecule has 4 rings (SSSR count). The molecule has 4 heterocycles. The van der Waals surface area contributed by atoms with Crippen molar-refractivity contribution in [2.45, 2.75) is 63.6 Å². The number of Topliss-reactive ketones (excluding diaryl/α,β-unsaturated/α-hetero) is 1. The first-order valence-corrected chi connectivity index (χ1v) is 17.3. The fourth-order valence-corrected chi connectivity index (χ4v) is 5.99. The molecule has 54 heavy (non-hydrogen) atoms. The van der Waals surface area contributed by atoms with Crippen molar-refractivity contribution >= 4 is 88.6 Å². The van der Waals surface area contributed by atoms with Gasteiger partial charge in [-0.1, -0.05) is 23.2 Å². The summed E-state index contributed by atoms with van der Waals surface area (Å²) in [7, 11) is 0. The molecule has 294 valence electrons. The van der Waals surface area contributed by atoms with Gasteiger partial charge in [-0.25, -0.2) is 24.5 Å². The van der Waals surface area contributed by atoms with Crippen LogP contribution >= 0.6 is 23.2 Å². The van der Waals surface area contributed by atoms with Gasteiger partial charge in [-0.15, -0.1) is 5.10 Å². The molecule has 2 saturated heterocycles. The zero-order valence-electron chi connectivity index (χ0n) is 29.5. The van der Waals surface area contributed by atoms with Gasteiger partial charge in [0.15, 0.2) is 39.9 Å². The Hall–Kier alpha value is -5.55. The van der Waals surface area contributed by atoms with E-state index in [1.165, 1.54) is 11.3 Å². The highest BCUT2D eigenvalue weighted by molar-refractivity contribution is 6.34. The van der Waals surface area contributed by atoms with Crippen LogP contribution < -0.4 is 38.6 Å². The number of nitrogen functional groups attached to an aromatic ring is 2. The smallest absolute Gasteiger partial charge is 0.422 e. The summed E-state index contributed by atoms with van der Waals surface area (Å²) in [5.41, 5.74) is 17.0. The lowest BCUT2D eigenvalue weighted by Gasteiger charge is -2.36. The van der Waals surface area contributed by atoms with Crippen molar-refractivity contribution in [3.63, 3.8) is 0 Å². The van der Waals surface area contributed by atoms with Crippen molar-refractivity contribution in [2.24, 2.45) is 32.8 Å². The molecule has 12 N–H and O–H groups in total. The number of amides is 4. The zero-order valence-corrected chi connectivity index (χ0v) is 31.0. The zero-order chi connectivity index (χ0) is 39.9. The summed E-state index contributed by atoms with van der Waals surface area (Å²) < 4.78 is 5.22. The number of nitrogens with zero attached hydrogens (tertiary/aromatic N) is 8. The molecule has 23 nitrogen and oxygen atoms in total. The predicted octanol–water partition coefficient (Wildman–Crippen LogP) is -0.361. The van der Waals surface area contributed by atoms with Gasteiger partial charge < -0.3 is 32.4 Å². The standard InChI is InChI=1S/C29H42Cl2N16O7/c1-29(2,3)54-28(53)44-47-16(21(33)40-23(35)19(47)31)25(50)41-26(42-27(51)52)43-46-10-6-14(7-11-46)17(48)13-4-8-45(9-5-13)37-12-36-24(49)15-20(32)39-22(34)18(30)38-15/h12-14,16,19H,4-11H2,1-3H3,(H,44,53)(H,51,52)(H4,32,34,39)(H3,33,35,40)(H,36,37,49)(H2,41,42,43,50). The van der Waals surface area contributed by atoms with Gasteiger partial charge in [0, 0.05) is 38.0 Å². The van der Waals surface area contributed by atoms with Crippen LogP contribution in [0, 0.1) is 17.2 Å². The number of anilines is 2. The lowest BCUT2D eigenvalue weighted by atomic mass is 9.82. The number of hydrogen-bond donors (Lipinski definition) is 9. The maximum atomic E-state index is 13.4. The van der Waals surface area contributed by atoms with E-state index in [9.17, 15) is 29.1 Å². The van der Waals surface area contributed by atoms with Crippen molar-refractivity contribution in [1.82, 2.24) is 46.4 Å². The van der Waals surface area contributed by atoms with Gasteiger partial charge in [-0.05, 0) is 46.5 Å². The fourth-order valence-electron chi connectivity index (χ4n) is 5.65. The number of hydrogen-bond acceptors (Lipinski definition) is 17. The Bertz CT molecular complexity index is 1740. The van der Waals surface area contributed by atoms with Crippen LogP contribution in [0.2, 0.25) is 5.15 Å². The van der Waals surface area contributed by atoms with E-state index in [-0.39, 0.29) is 53.2 Å². The van der Waals surface area contributed by atoms with Crippen molar-refractivity contribution < 1.29 is 33.8 Å². The highest BCUT2D eigenvalue weighted by atomic mass is 35.5. The molecule has 0 aliphatic carbocycles. The minimum Gasteiger partial charge on any atom is -0.465 e. The number of rotatable bonds is 8. The summed E-state index contributed by atoms with van der Waals surface area (Å²) in [6.45, 7) is 6.33. The first kappa shape index (κ1) is 41.2. The topological polar surface area (TPSA) is 337 Å². The van der Waals surface area contributed by atoms with Gasteiger partial charge in [0.25, 0.3) is 11.8 Å². The summed E-state index contributed by atoms with van der Waals surface area (Å²) in [5, 5.41) is 36.6. The lowest BCUT2D eigenvalue weighted by Crippen LogP contribution is -2.67. The summed E-state index contributed by atoms with van der Waals surface area (Å²) >= 11 is 12.1. The third-order valence-corrected chi connectivity index (χ3v) is 8.83. The third kappa shape index (κ3) is 11.0. The number of halogens is 2. The molecular formula is C29H42Cl2N16O7. The van der Waals surface area contributed by atoms with E-state index in [2.05, 4.69) is 41.2 Å². The number of hydrazine groups is 1. The quantitative estimate of drug-likeness (QED) is 0.0702. The van der Waals surface area contributed by atoms with E-state index in [0.717, 1.165) is 5.01 Å². The molecule has 0 saturated carbocycles. The number of nitrogens with one attached hydrogen (secondary N) is 5. The molecule has 0 spiro atoms. The second-order valence-electron chi connectivity index (χ2n) is 13.3. The van der Waals surface area contributed by atoms with E-state index >= 15 is 0 Å². The molecule has 2 atom stereocenters.